The van der Waals surface area contributed by atoms with Crippen LogP contribution in [-0.2, 0) is 4.79 Å². The Labute approximate surface area is 168 Å². The summed E-state index contributed by atoms with van der Waals surface area (Å²) in [4.78, 5) is 17.0. The summed E-state index contributed by atoms with van der Waals surface area (Å²) in [6.07, 6.45) is 1.51. The molecule has 0 fully saturated rings. The summed E-state index contributed by atoms with van der Waals surface area (Å²) in [6, 6.07) is 15.1. The van der Waals surface area contributed by atoms with E-state index < -0.39 is 5.92 Å². The second kappa shape index (κ2) is 8.21. The number of nitrogens with zero attached hydrogens (tertiary/aromatic N) is 4. The fraction of sp³-hybridized carbons (Fsp3) is 0.105. The number of carbonyl (C=O) groups is 1. The molecule has 4 rings (SSSR count). The van der Waals surface area contributed by atoms with Crippen LogP contribution < -0.4 is 0 Å². The summed E-state index contributed by atoms with van der Waals surface area (Å²) >= 11 is 2.38. The monoisotopic (exact) mass is 408 g/mol. The highest BCUT2D eigenvalue weighted by Crippen LogP contribution is 2.29. The van der Waals surface area contributed by atoms with E-state index in [0.29, 0.717) is 10.8 Å². The molecule has 0 amide bonds. The van der Waals surface area contributed by atoms with Gasteiger partial charge in [-0.1, -0.05) is 42.1 Å². The van der Waals surface area contributed by atoms with Gasteiger partial charge in [0.05, 0.1) is 23.8 Å². The van der Waals surface area contributed by atoms with E-state index in [9.17, 15) is 10.1 Å². The molecule has 1 atom stereocenters. The quantitative estimate of drug-likeness (QED) is 0.414. The number of hydrogen-bond acceptors (Lipinski definition) is 9. The van der Waals surface area contributed by atoms with Gasteiger partial charge in [0.15, 0.2) is 17.5 Å². The van der Waals surface area contributed by atoms with Crippen molar-refractivity contribution in [3.8, 4) is 29.0 Å². The van der Waals surface area contributed by atoms with E-state index in [1.54, 1.807) is 12.1 Å². The molecule has 0 bridgehead atoms. The van der Waals surface area contributed by atoms with Crippen molar-refractivity contribution in [1.29, 1.82) is 5.26 Å². The Morgan fingerprint density at radius 2 is 2.07 bits per heavy atom. The van der Waals surface area contributed by atoms with Crippen LogP contribution in [0.25, 0.3) is 22.9 Å². The van der Waals surface area contributed by atoms with Crippen LogP contribution in [0.15, 0.2) is 68.2 Å². The van der Waals surface area contributed by atoms with Crippen LogP contribution in [0.5, 0.6) is 0 Å². The molecule has 0 N–H and O–H groups in total. The third-order valence-electron chi connectivity index (χ3n) is 3.77. The highest BCUT2D eigenvalue weighted by Gasteiger charge is 2.25. The molecule has 7 nitrogen and oxygen atoms in total. The van der Waals surface area contributed by atoms with Gasteiger partial charge >= 0.3 is 0 Å². The second-order valence-corrected chi connectivity index (χ2v) is 7.42. The number of aromatic nitrogens is 3. The summed E-state index contributed by atoms with van der Waals surface area (Å²) in [6.45, 7) is 0. The molecule has 138 valence electrons. The summed E-state index contributed by atoms with van der Waals surface area (Å²) < 4.78 is 10.6. The van der Waals surface area contributed by atoms with Gasteiger partial charge in [-0.05, 0) is 12.1 Å². The van der Waals surface area contributed by atoms with E-state index in [1.165, 1.54) is 17.6 Å². The van der Waals surface area contributed by atoms with E-state index in [4.69, 9.17) is 8.83 Å². The Bertz CT molecular complexity index is 1110. The minimum Gasteiger partial charge on any atom is -0.459 e. The number of ketones is 1. The number of carbonyl (C=O) groups excluding carboxylic acids is 1. The standard InChI is InChI=1S/C19H12N4O3S2/c20-9-13(18-21-14(10-27-18)12-5-2-1-3-6-12)15(24)11-28-19-23-22-17(26-19)16-7-4-8-25-16/h1-8,10,13H,11H2/t13-/m1/s1. The average molecular weight is 408 g/mol. The van der Waals surface area contributed by atoms with E-state index in [-0.39, 0.29) is 22.6 Å². The van der Waals surface area contributed by atoms with E-state index in [0.717, 1.165) is 23.0 Å². The zero-order chi connectivity index (χ0) is 19.3. The van der Waals surface area contributed by atoms with E-state index in [1.807, 2.05) is 35.7 Å². The van der Waals surface area contributed by atoms with Crippen LogP contribution in [-0.4, -0.2) is 26.7 Å². The first-order valence-corrected chi connectivity index (χ1v) is 10.0. The molecule has 3 aromatic heterocycles. The van der Waals surface area contributed by atoms with Gasteiger partial charge in [-0.15, -0.1) is 21.5 Å². The van der Waals surface area contributed by atoms with Crippen molar-refractivity contribution < 1.29 is 13.6 Å². The summed E-state index contributed by atoms with van der Waals surface area (Å²) in [7, 11) is 0. The van der Waals surface area contributed by atoms with Crippen LogP contribution >= 0.6 is 23.1 Å². The molecule has 28 heavy (non-hydrogen) atoms. The number of rotatable bonds is 7. The lowest BCUT2D eigenvalue weighted by atomic mass is 10.1. The lowest BCUT2D eigenvalue weighted by molar-refractivity contribution is -0.116. The maximum absolute atomic E-state index is 12.5. The van der Waals surface area contributed by atoms with Crippen molar-refractivity contribution in [3.63, 3.8) is 0 Å². The van der Waals surface area contributed by atoms with Crippen LogP contribution in [0, 0.1) is 11.3 Å². The molecular weight excluding hydrogens is 396 g/mol. The molecule has 0 radical (unpaired) electrons. The molecule has 0 unspecified atom stereocenters. The smallest absolute Gasteiger partial charge is 0.284 e. The van der Waals surface area contributed by atoms with Gasteiger partial charge < -0.3 is 8.83 Å². The first-order chi connectivity index (χ1) is 13.7. The highest BCUT2D eigenvalue weighted by molar-refractivity contribution is 7.99. The molecule has 9 heteroatoms. The predicted molar refractivity (Wildman–Crippen MR) is 104 cm³/mol. The van der Waals surface area contributed by atoms with Crippen LogP contribution in [0.4, 0.5) is 0 Å². The van der Waals surface area contributed by atoms with Gasteiger partial charge in [0, 0.05) is 10.9 Å². The average Bonchev–Trinajstić information content (AvgIpc) is 3.48. The summed E-state index contributed by atoms with van der Waals surface area (Å²) in [5, 5.41) is 19.8. The molecule has 4 aromatic rings. The van der Waals surface area contributed by atoms with Crippen molar-refractivity contribution in [2.45, 2.75) is 11.1 Å². The number of hydrogen-bond donors (Lipinski definition) is 0. The maximum Gasteiger partial charge on any atom is 0.284 e. The molecule has 0 saturated heterocycles. The first-order valence-electron chi connectivity index (χ1n) is 8.18. The van der Waals surface area contributed by atoms with E-state index >= 15 is 0 Å². The van der Waals surface area contributed by atoms with Gasteiger partial charge in [0.2, 0.25) is 0 Å². The van der Waals surface area contributed by atoms with Gasteiger partial charge in [0.25, 0.3) is 11.1 Å². The topological polar surface area (TPSA) is 106 Å². The normalized spacial score (nSPS) is 11.8. The Kier molecular flexibility index (Phi) is 5.32. The molecule has 0 aliphatic rings. The van der Waals surface area contributed by atoms with Gasteiger partial charge in [0.1, 0.15) is 5.01 Å². The molecule has 3 heterocycles. The van der Waals surface area contributed by atoms with E-state index in [2.05, 4.69) is 21.3 Å². The molecule has 0 saturated carbocycles. The molecule has 0 spiro atoms. The van der Waals surface area contributed by atoms with Crippen molar-refractivity contribution in [2.75, 3.05) is 5.75 Å². The number of nitriles is 1. The van der Waals surface area contributed by atoms with Crippen LogP contribution in [0.3, 0.4) is 0 Å². The van der Waals surface area contributed by atoms with Gasteiger partial charge in [-0.25, -0.2) is 4.98 Å². The predicted octanol–water partition coefficient (Wildman–Crippen LogP) is 4.42. The summed E-state index contributed by atoms with van der Waals surface area (Å²) in [5.41, 5.74) is 1.70. The highest BCUT2D eigenvalue weighted by atomic mass is 32.2. The van der Waals surface area contributed by atoms with Crippen molar-refractivity contribution in [2.24, 2.45) is 0 Å². The fourth-order valence-corrected chi connectivity index (χ4v) is 3.97. The van der Waals surface area contributed by atoms with Crippen LogP contribution in [0.2, 0.25) is 0 Å². The number of furan rings is 1. The Morgan fingerprint density at radius 3 is 2.82 bits per heavy atom. The van der Waals surface area contributed by atoms with Crippen molar-refractivity contribution >= 4 is 28.9 Å². The Hall–Kier alpha value is -3.22. The van der Waals surface area contributed by atoms with Crippen molar-refractivity contribution in [3.05, 3.63) is 59.1 Å². The molecule has 0 aliphatic heterocycles. The zero-order valence-electron chi connectivity index (χ0n) is 14.3. The lowest BCUT2D eigenvalue weighted by Gasteiger charge is -2.03. The molecule has 0 aliphatic carbocycles. The number of thioether (sulfide) groups is 1. The fourth-order valence-electron chi connectivity index (χ4n) is 2.41. The summed E-state index contributed by atoms with van der Waals surface area (Å²) in [5.74, 6) is -0.471. The third kappa shape index (κ3) is 3.88. The molecule has 1 aromatic carbocycles. The SMILES string of the molecule is N#C[C@H](C(=O)CSc1nnc(-c2ccco2)o1)c1nc(-c2ccccc2)cs1. The zero-order valence-corrected chi connectivity index (χ0v) is 15.9. The molecular formula is C19H12N4O3S2. The Morgan fingerprint density at radius 1 is 1.21 bits per heavy atom. The van der Waals surface area contributed by atoms with Gasteiger partial charge in [-0.2, -0.15) is 5.26 Å². The third-order valence-corrected chi connectivity index (χ3v) is 5.52. The number of Topliss-reactive ketones (excluding diaryl/α,β-unsaturated/α-hetero) is 1. The minimum atomic E-state index is -0.928. The Balaban J connectivity index is 1.42. The largest absolute Gasteiger partial charge is 0.459 e. The first kappa shape index (κ1) is 18.2. The lowest BCUT2D eigenvalue weighted by Crippen LogP contribution is -2.13. The number of benzene rings is 1. The maximum atomic E-state index is 12.5. The minimum absolute atomic E-state index is 0.0261. The number of thiazole rings is 1. The van der Waals surface area contributed by atoms with Crippen LogP contribution in [0.1, 0.15) is 10.9 Å². The van der Waals surface area contributed by atoms with Crippen molar-refractivity contribution in [1.82, 2.24) is 15.2 Å². The van der Waals surface area contributed by atoms with Gasteiger partial charge in [-0.3, -0.25) is 4.79 Å². The second-order valence-electron chi connectivity index (χ2n) is 5.60.